The van der Waals surface area contributed by atoms with Crippen molar-refractivity contribution in [2.24, 2.45) is 7.05 Å². The van der Waals surface area contributed by atoms with Crippen LogP contribution in [0.1, 0.15) is 23.1 Å². The van der Waals surface area contributed by atoms with E-state index in [9.17, 15) is 8.42 Å². The van der Waals surface area contributed by atoms with E-state index in [-0.39, 0.29) is 0 Å². The highest BCUT2D eigenvalue weighted by atomic mass is 32.2. The largest absolute Gasteiger partial charge is 0.275 e. The van der Waals surface area contributed by atoms with Gasteiger partial charge < -0.3 is 0 Å². The average Bonchev–Trinajstić information content (AvgIpc) is 3.08. The van der Waals surface area contributed by atoms with Gasteiger partial charge in [0.1, 0.15) is 0 Å². The minimum atomic E-state index is -3.65. The molecule has 0 unspecified atom stereocenters. The predicted octanol–water partition coefficient (Wildman–Crippen LogP) is 3.85. The molecule has 5 nitrogen and oxygen atoms in total. The van der Waals surface area contributed by atoms with E-state index in [0.29, 0.717) is 11.4 Å². The highest BCUT2D eigenvalue weighted by molar-refractivity contribution is 7.92. The molecule has 0 atom stereocenters. The number of benzene rings is 2. The molecular weight excluding hydrogens is 358 g/mol. The van der Waals surface area contributed by atoms with Crippen LogP contribution < -0.4 is 4.31 Å². The fourth-order valence-electron chi connectivity index (χ4n) is 3.77. The van der Waals surface area contributed by atoms with Gasteiger partial charge in [-0.05, 0) is 55.5 Å². The molecule has 0 fully saturated rings. The van der Waals surface area contributed by atoms with Gasteiger partial charge >= 0.3 is 0 Å². The third-order valence-corrected chi connectivity index (χ3v) is 7.08. The van der Waals surface area contributed by atoms with Crippen molar-refractivity contribution in [2.45, 2.75) is 31.6 Å². The topological polar surface area (TPSA) is 55.2 Å². The Morgan fingerprint density at radius 2 is 1.85 bits per heavy atom. The summed E-state index contributed by atoms with van der Waals surface area (Å²) in [4.78, 5) is 0.349. The van der Waals surface area contributed by atoms with Crippen LogP contribution in [0.4, 0.5) is 5.69 Å². The number of anilines is 1. The van der Waals surface area contributed by atoms with Crippen molar-refractivity contribution in [1.29, 1.82) is 0 Å². The first-order valence-electron chi connectivity index (χ1n) is 9.10. The Morgan fingerprint density at radius 1 is 1.04 bits per heavy atom. The van der Waals surface area contributed by atoms with Gasteiger partial charge in [-0.15, -0.1) is 0 Å². The van der Waals surface area contributed by atoms with Crippen LogP contribution in [-0.4, -0.2) is 24.7 Å². The first-order valence-corrected chi connectivity index (χ1v) is 10.5. The highest BCUT2D eigenvalue weighted by Gasteiger charge is 2.31. The molecule has 27 heavy (non-hydrogen) atoms. The van der Waals surface area contributed by atoms with Gasteiger partial charge in [0, 0.05) is 25.4 Å². The number of fused-ring (bicyclic) bond motifs is 1. The number of hydrogen-bond acceptors (Lipinski definition) is 3. The van der Waals surface area contributed by atoms with Crippen LogP contribution in [0.25, 0.3) is 11.3 Å². The number of aromatic nitrogens is 2. The van der Waals surface area contributed by atoms with Crippen molar-refractivity contribution in [2.75, 3.05) is 10.8 Å². The first kappa shape index (κ1) is 17.8. The van der Waals surface area contributed by atoms with Crippen molar-refractivity contribution in [3.8, 4) is 11.3 Å². The van der Waals surface area contributed by atoms with Gasteiger partial charge in [-0.2, -0.15) is 5.10 Å². The normalized spacial score (nSPS) is 14.3. The number of sulfonamides is 1. The van der Waals surface area contributed by atoms with Gasteiger partial charge in [0.15, 0.2) is 0 Å². The second-order valence-electron chi connectivity index (χ2n) is 7.12. The Kier molecular flexibility index (Phi) is 4.30. The van der Waals surface area contributed by atoms with Crippen LogP contribution in [0.3, 0.4) is 0 Å². The van der Waals surface area contributed by atoms with Gasteiger partial charge in [-0.1, -0.05) is 30.3 Å². The van der Waals surface area contributed by atoms with Crippen molar-refractivity contribution in [1.82, 2.24) is 9.78 Å². The van der Waals surface area contributed by atoms with Gasteiger partial charge in [-0.3, -0.25) is 8.99 Å². The van der Waals surface area contributed by atoms with E-state index < -0.39 is 10.0 Å². The number of para-hydroxylation sites is 1. The second kappa shape index (κ2) is 6.53. The Hall–Kier alpha value is -2.60. The van der Waals surface area contributed by atoms with E-state index >= 15 is 0 Å². The van der Waals surface area contributed by atoms with Crippen molar-refractivity contribution < 1.29 is 8.42 Å². The molecule has 0 N–H and O–H groups in total. The Morgan fingerprint density at radius 3 is 2.59 bits per heavy atom. The van der Waals surface area contributed by atoms with Gasteiger partial charge in [0.2, 0.25) is 0 Å². The van der Waals surface area contributed by atoms with Crippen LogP contribution in [-0.2, 0) is 23.5 Å². The molecule has 0 radical (unpaired) electrons. The number of hydrogen-bond donors (Lipinski definition) is 0. The van der Waals surface area contributed by atoms with Gasteiger partial charge in [0.25, 0.3) is 10.0 Å². The minimum Gasteiger partial charge on any atom is -0.275 e. The predicted molar refractivity (Wildman–Crippen MR) is 107 cm³/mol. The minimum absolute atomic E-state index is 0.349. The van der Waals surface area contributed by atoms with E-state index in [1.807, 2.05) is 63.5 Å². The fraction of sp³-hybridized carbons (Fsp3) is 0.286. The lowest BCUT2D eigenvalue weighted by molar-refractivity contribution is 0.586. The molecule has 2 aromatic carbocycles. The maximum atomic E-state index is 13.6. The van der Waals surface area contributed by atoms with Crippen LogP contribution >= 0.6 is 0 Å². The number of rotatable bonds is 3. The summed E-state index contributed by atoms with van der Waals surface area (Å²) in [5.74, 6) is 0. The summed E-state index contributed by atoms with van der Waals surface area (Å²) < 4.78 is 30.5. The number of aryl methyl sites for hydroxylation is 4. The lowest BCUT2D eigenvalue weighted by Crippen LogP contribution is -2.36. The molecule has 0 saturated carbocycles. The van der Waals surface area contributed by atoms with E-state index in [1.54, 1.807) is 15.1 Å². The molecule has 1 aliphatic rings. The Bertz CT molecular complexity index is 1120. The lowest BCUT2D eigenvalue weighted by atomic mass is 10.0. The van der Waals surface area contributed by atoms with Crippen LogP contribution in [0.15, 0.2) is 53.6 Å². The standard InChI is InChI=1S/C21H23N3O2S/c1-15-9-10-18(19-11-13-23(3)22-19)14-20(15)27(25,26)24-12-5-8-17-7-4-6-16(2)21(17)24/h4,6-7,9-11,13-14H,5,8,12H2,1-3H3. The quantitative estimate of drug-likeness (QED) is 0.692. The smallest absolute Gasteiger partial charge is 0.264 e. The molecule has 1 aliphatic heterocycles. The van der Waals surface area contributed by atoms with Crippen LogP contribution in [0.5, 0.6) is 0 Å². The molecule has 6 heteroatoms. The highest BCUT2D eigenvalue weighted by Crippen LogP contribution is 2.36. The summed E-state index contributed by atoms with van der Waals surface area (Å²) in [6, 6.07) is 13.4. The third-order valence-electron chi connectivity index (χ3n) is 5.14. The van der Waals surface area contributed by atoms with Crippen LogP contribution in [0, 0.1) is 13.8 Å². The zero-order valence-electron chi connectivity index (χ0n) is 15.8. The zero-order valence-corrected chi connectivity index (χ0v) is 16.6. The molecule has 4 rings (SSSR count). The molecule has 3 aromatic rings. The number of nitrogens with zero attached hydrogens (tertiary/aromatic N) is 3. The van der Waals surface area contributed by atoms with E-state index in [1.165, 1.54) is 0 Å². The summed E-state index contributed by atoms with van der Waals surface area (Å²) in [5, 5.41) is 4.40. The van der Waals surface area contributed by atoms with E-state index in [0.717, 1.165) is 46.5 Å². The maximum Gasteiger partial charge on any atom is 0.264 e. The monoisotopic (exact) mass is 381 g/mol. The van der Waals surface area contributed by atoms with Gasteiger partial charge in [-0.25, -0.2) is 8.42 Å². The summed E-state index contributed by atoms with van der Waals surface area (Å²) >= 11 is 0. The Labute approximate surface area is 160 Å². The maximum absolute atomic E-state index is 13.6. The summed E-state index contributed by atoms with van der Waals surface area (Å²) in [5.41, 5.74) is 5.26. The fourth-order valence-corrected chi connectivity index (χ4v) is 5.63. The van der Waals surface area contributed by atoms with E-state index in [2.05, 4.69) is 5.10 Å². The van der Waals surface area contributed by atoms with Crippen molar-refractivity contribution in [3.63, 3.8) is 0 Å². The molecular formula is C21H23N3O2S. The lowest BCUT2D eigenvalue weighted by Gasteiger charge is -2.32. The Balaban J connectivity index is 1.84. The van der Waals surface area contributed by atoms with E-state index in [4.69, 9.17) is 0 Å². The first-order chi connectivity index (χ1) is 12.9. The molecule has 140 valence electrons. The molecule has 0 aliphatic carbocycles. The molecule has 0 amide bonds. The zero-order chi connectivity index (χ0) is 19.2. The summed E-state index contributed by atoms with van der Waals surface area (Å²) in [7, 11) is -1.80. The van der Waals surface area contributed by atoms with Crippen LogP contribution in [0.2, 0.25) is 0 Å². The SMILES string of the molecule is Cc1ccc(-c2ccn(C)n2)cc1S(=O)(=O)N1CCCc2cccc(C)c21. The van der Waals surface area contributed by atoms with Crippen molar-refractivity contribution >= 4 is 15.7 Å². The molecule has 0 spiro atoms. The average molecular weight is 382 g/mol. The van der Waals surface area contributed by atoms with Crippen molar-refractivity contribution in [3.05, 3.63) is 65.4 Å². The molecule has 0 bridgehead atoms. The second-order valence-corrected chi connectivity index (χ2v) is 8.95. The summed E-state index contributed by atoms with van der Waals surface area (Å²) in [6.07, 6.45) is 3.60. The third kappa shape index (κ3) is 3.04. The summed E-state index contributed by atoms with van der Waals surface area (Å²) in [6.45, 7) is 4.33. The molecule has 2 heterocycles. The molecule has 0 saturated heterocycles. The molecule has 1 aromatic heterocycles. The van der Waals surface area contributed by atoms with Gasteiger partial charge in [0.05, 0.1) is 16.3 Å².